The fraction of sp³-hybridized carbons (Fsp3) is 0.571. The lowest BCUT2D eigenvalue weighted by atomic mass is 9.59. The van der Waals surface area contributed by atoms with Crippen molar-refractivity contribution < 1.29 is 24.5 Å². The van der Waals surface area contributed by atoms with Crippen molar-refractivity contribution >= 4 is 11.8 Å². The van der Waals surface area contributed by atoms with Gasteiger partial charge in [0.05, 0.1) is 17.6 Å². The fourth-order valence-corrected chi connectivity index (χ4v) is 7.55. The minimum atomic E-state index is -1.63. The molecule has 1 aromatic rings. The molecule has 1 aromatic carbocycles. The van der Waals surface area contributed by atoms with Crippen molar-refractivity contribution in [3.8, 4) is 0 Å². The van der Waals surface area contributed by atoms with E-state index in [0.717, 1.165) is 12.0 Å². The van der Waals surface area contributed by atoms with Crippen LogP contribution in [0.3, 0.4) is 0 Å². The van der Waals surface area contributed by atoms with Gasteiger partial charge in [0.1, 0.15) is 5.60 Å². The quantitative estimate of drug-likeness (QED) is 0.537. The summed E-state index contributed by atoms with van der Waals surface area (Å²) >= 11 is 0. The van der Waals surface area contributed by atoms with E-state index in [-0.39, 0.29) is 42.0 Å². The van der Waals surface area contributed by atoms with Crippen LogP contribution in [0.15, 0.2) is 47.6 Å². The number of carbonyl (C=O) groups is 2. The fourth-order valence-electron chi connectivity index (χ4n) is 7.55. The Morgan fingerprint density at radius 1 is 1.21 bits per heavy atom. The average molecular weight is 451 g/mol. The van der Waals surface area contributed by atoms with E-state index in [1.165, 1.54) is 0 Å². The van der Waals surface area contributed by atoms with Gasteiger partial charge in [-0.25, -0.2) is 4.79 Å². The van der Waals surface area contributed by atoms with Gasteiger partial charge in [-0.3, -0.25) is 4.79 Å². The minimum absolute atomic E-state index is 0.00724. The smallest absolute Gasteiger partial charge is 0.339 e. The van der Waals surface area contributed by atoms with Crippen LogP contribution in [0, 0.1) is 41.4 Å². The second-order valence-corrected chi connectivity index (χ2v) is 11.4. The number of rotatable bonds is 3. The molecule has 0 radical (unpaired) electrons. The lowest BCUT2D eigenvalue weighted by Crippen LogP contribution is -2.60. The summed E-state index contributed by atoms with van der Waals surface area (Å²) in [5.74, 6) is -0.365. The van der Waals surface area contributed by atoms with Crippen molar-refractivity contribution in [3.63, 3.8) is 0 Å². The summed E-state index contributed by atoms with van der Waals surface area (Å²) in [6, 6.07) is 7.20. The van der Waals surface area contributed by atoms with Crippen LogP contribution in [-0.2, 0) is 9.53 Å². The summed E-state index contributed by atoms with van der Waals surface area (Å²) in [4.78, 5) is 27.4. The molecule has 4 unspecified atom stereocenters. The number of ether oxygens (including phenoxy) is 1. The van der Waals surface area contributed by atoms with Crippen LogP contribution in [0.4, 0.5) is 0 Å². The van der Waals surface area contributed by atoms with E-state index < -0.39 is 23.1 Å². The average Bonchev–Trinajstić information content (AvgIpc) is 3.27. The Morgan fingerprint density at radius 2 is 1.91 bits per heavy atom. The molecule has 1 spiro atoms. The van der Waals surface area contributed by atoms with E-state index in [2.05, 4.69) is 20.8 Å². The first-order valence-corrected chi connectivity index (χ1v) is 12.0. The number of hydrogen-bond acceptors (Lipinski definition) is 5. The van der Waals surface area contributed by atoms with Crippen molar-refractivity contribution in [2.75, 3.05) is 6.61 Å². The van der Waals surface area contributed by atoms with E-state index in [4.69, 9.17) is 4.74 Å². The lowest BCUT2D eigenvalue weighted by Gasteiger charge is -2.47. The van der Waals surface area contributed by atoms with Crippen molar-refractivity contribution in [3.05, 3.63) is 58.7 Å². The number of hydrogen-bond donors (Lipinski definition) is 2. The second-order valence-electron chi connectivity index (χ2n) is 11.4. The largest absolute Gasteiger partial charge is 0.451 e. The molecule has 0 aliphatic heterocycles. The molecule has 2 fully saturated rings. The van der Waals surface area contributed by atoms with Crippen LogP contribution < -0.4 is 0 Å². The van der Waals surface area contributed by atoms with Gasteiger partial charge in [0.2, 0.25) is 0 Å². The number of aliphatic hydroxyl groups is 2. The summed E-state index contributed by atoms with van der Waals surface area (Å²) in [7, 11) is 0. The van der Waals surface area contributed by atoms with Gasteiger partial charge < -0.3 is 14.9 Å². The molecule has 7 atom stereocenters. The van der Waals surface area contributed by atoms with Gasteiger partial charge in [-0.05, 0) is 66.2 Å². The molecule has 5 heteroatoms. The molecule has 0 amide bonds. The number of carbonyl (C=O) groups excluding carboxylic acids is 2. The van der Waals surface area contributed by atoms with E-state index >= 15 is 0 Å². The standard InChI is InChI=1S/C28H34O5/c1-15-8-6-7-9-19(15)25(31)33-24-16(2)12-27-17(3)10-21-22(26(21,4)5)20(23(27)30)11-18(14-29)13-28(24,27)32/h6-9,11-12,17,20-22,24,29,32H,10,13-14H2,1-5H3/t17-,20?,21-,22+,24?,27?,28?/m1/s1. The summed E-state index contributed by atoms with van der Waals surface area (Å²) in [6.07, 6.45) is 3.80. The van der Waals surface area contributed by atoms with Crippen molar-refractivity contribution in [1.29, 1.82) is 0 Å². The molecule has 0 saturated heterocycles. The Labute approximate surface area is 195 Å². The predicted octanol–water partition coefficient (Wildman–Crippen LogP) is 4.02. The summed E-state index contributed by atoms with van der Waals surface area (Å²) < 4.78 is 6.00. The van der Waals surface area contributed by atoms with E-state index in [1.807, 2.05) is 38.1 Å². The van der Waals surface area contributed by atoms with Crippen molar-refractivity contribution in [1.82, 2.24) is 0 Å². The normalized spacial score (nSPS) is 40.6. The molecule has 176 valence electrons. The maximum Gasteiger partial charge on any atom is 0.339 e. The van der Waals surface area contributed by atoms with Gasteiger partial charge in [0.25, 0.3) is 0 Å². The van der Waals surface area contributed by atoms with Gasteiger partial charge in [0.15, 0.2) is 11.9 Å². The summed E-state index contributed by atoms with van der Waals surface area (Å²) in [6.45, 7) is 9.93. The molecule has 2 saturated carbocycles. The van der Waals surface area contributed by atoms with Gasteiger partial charge in [-0.15, -0.1) is 0 Å². The predicted molar refractivity (Wildman–Crippen MR) is 124 cm³/mol. The highest BCUT2D eigenvalue weighted by Gasteiger charge is 2.74. The molecule has 0 heterocycles. The maximum atomic E-state index is 14.3. The molecule has 5 nitrogen and oxygen atoms in total. The molecule has 0 aromatic heterocycles. The Hall–Kier alpha value is -2.24. The highest BCUT2D eigenvalue weighted by atomic mass is 16.6. The number of fused-ring (bicyclic) bond motifs is 3. The number of Topliss-reactive ketones (excluding diaryl/α,β-unsaturated/α-hetero) is 1. The molecular formula is C28H34O5. The van der Waals surface area contributed by atoms with Crippen LogP contribution in [0.5, 0.6) is 0 Å². The zero-order chi connectivity index (χ0) is 23.9. The van der Waals surface area contributed by atoms with E-state index in [0.29, 0.717) is 22.6 Å². The number of aryl methyl sites for hydroxylation is 1. The molecule has 33 heavy (non-hydrogen) atoms. The lowest BCUT2D eigenvalue weighted by molar-refractivity contribution is -0.163. The number of benzene rings is 1. The zero-order valence-corrected chi connectivity index (χ0v) is 20.1. The third kappa shape index (κ3) is 2.85. The van der Waals surface area contributed by atoms with Crippen LogP contribution in [0.2, 0.25) is 0 Å². The number of aliphatic hydroxyl groups excluding tert-OH is 1. The molecule has 2 bridgehead atoms. The van der Waals surface area contributed by atoms with Gasteiger partial charge in [-0.1, -0.05) is 51.1 Å². The Kier molecular flexibility index (Phi) is 4.87. The number of allylic oxidation sites excluding steroid dienone is 1. The van der Waals surface area contributed by atoms with Crippen LogP contribution in [-0.4, -0.2) is 40.3 Å². The molecule has 4 aliphatic carbocycles. The third-order valence-electron chi connectivity index (χ3n) is 9.35. The highest BCUT2D eigenvalue weighted by molar-refractivity contribution is 5.96. The topological polar surface area (TPSA) is 83.8 Å². The van der Waals surface area contributed by atoms with Crippen LogP contribution in [0.1, 0.15) is 56.5 Å². The first-order valence-electron chi connectivity index (χ1n) is 12.0. The molecular weight excluding hydrogens is 416 g/mol. The van der Waals surface area contributed by atoms with E-state index in [9.17, 15) is 19.8 Å². The van der Waals surface area contributed by atoms with Crippen LogP contribution >= 0.6 is 0 Å². The third-order valence-corrected chi connectivity index (χ3v) is 9.35. The minimum Gasteiger partial charge on any atom is -0.451 e. The van der Waals surface area contributed by atoms with Gasteiger partial charge in [-0.2, -0.15) is 0 Å². The first kappa shape index (κ1) is 22.5. The van der Waals surface area contributed by atoms with E-state index in [1.54, 1.807) is 12.1 Å². The van der Waals surface area contributed by atoms with Gasteiger partial charge in [0, 0.05) is 12.3 Å². The maximum absolute atomic E-state index is 14.3. The SMILES string of the molecule is CC1=CC23C(=O)C(C=C(CO)CC2(O)C1OC(=O)c1ccccc1C)[C@H]1[C@@H](C[C@H]3C)C1(C)C. The number of esters is 1. The molecule has 4 aliphatic rings. The van der Waals surface area contributed by atoms with Crippen molar-refractivity contribution in [2.45, 2.75) is 59.2 Å². The first-order chi connectivity index (χ1) is 15.5. The van der Waals surface area contributed by atoms with Gasteiger partial charge >= 0.3 is 5.97 Å². The second kappa shape index (κ2) is 7.13. The molecule has 2 N–H and O–H groups in total. The Balaban J connectivity index is 1.60. The summed E-state index contributed by atoms with van der Waals surface area (Å²) in [5.41, 5.74) is -0.125. The highest BCUT2D eigenvalue weighted by Crippen LogP contribution is 2.71. The number of ketones is 1. The summed E-state index contributed by atoms with van der Waals surface area (Å²) in [5, 5.41) is 22.5. The molecule has 5 rings (SSSR count). The van der Waals surface area contributed by atoms with Crippen molar-refractivity contribution in [2.24, 2.45) is 34.5 Å². The Bertz CT molecular complexity index is 1100. The van der Waals surface area contributed by atoms with Crippen LogP contribution in [0.25, 0.3) is 0 Å². The monoisotopic (exact) mass is 450 g/mol. The Morgan fingerprint density at radius 3 is 2.58 bits per heavy atom. The zero-order valence-electron chi connectivity index (χ0n) is 20.1.